The van der Waals surface area contributed by atoms with Gasteiger partial charge in [-0.15, -0.1) is 12.4 Å². The van der Waals surface area contributed by atoms with E-state index in [0.29, 0.717) is 29.1 Å². The molecule has 0 unspecified atom stereocenters. The van der Waals surface area contributed by atoms with Gasteiger partial charge in [0.05, 0.1) is 11.7 Å². The van der Waals surface area contributed by atoms with Gasteiger partial charge in [0, 0.05) is 17.6 Å². The van der Waals surface area contributed by atoms with Crippen LogP contribution in [0.25, 0.3) is 11.1 Å². The van der Waals surface area contributed by atoms with E-state index in [9.17, 15) is 9.90 Å². The Morgan fingerprint density at radius 3 is 2.29 bits per heavy atom. The van der Waals surface area contributed by atoms with Crippen molar-refractivity contribution in [1.82, 2.24) is 5.32 Å². The van der Waals surface area contributed by atoms with E-state index in [2.05, 4.69) is 23.5 Å². The lowest BCUT2D eigenvalue weighted by molar-refractivity contribution is 0.0697. The zero-order valence-electron chi connectivity index (χ0n) is 20.6. The van der Waals surface area contributed by atoms with E-state index in [1.54, 1.807) is 12.1 Å². The molecule has 0 spiro atoms. The number of ether oxygens (including phenoxy) is 1. The Morgan fingerprint density at radius 2 is 1.61 bits per heavy atom. The number of carboxylic acids is 1. The summed E-state index contributed by atoms with van der Waals surface area (Å²) in [5, 5.41) is 23.8. The first-order valence-electron chi connectivity index (χ1n) is 12.3. The van der Waals surface area contributed by atoms with Gasteiger partial charge in [-0.25, -0.2) is 4.79 Å². The van der Waals surface area contributed by atoms with E-state index < -0.39 is 12.1 Å². The summed E-state index contributed by atoms with van der Waals surface area (Å²) in [6.45, 7) is 0.487. The summed E-state index contributed by atoms with van der Waals surface area (Å²) >= 11 is 6.06. The lowest BCUT2D eigenvalue weighted by Gasteiger charge is -2.27. The molecule has 0 radical (unpaired) electrons. The van der Waals surface area contributed by atoms with Crippen molar-refractivity contribution in [2.75, 3.05) is 6.54 Å². The molecule has 1 aliphatic rings. The fourth-order valence-corrected chi connectivity index (χ4v) is 4.94. The summed E-state index contributed by atoms with van der Waals surface area (Å²) in [7, 11) is 0. The third kappa shape index (κ3) is 6.74. The quantitative estimate of drug-likeness (QED) is 0.218. The number of benzene rings is 4. The van der Waals surface area contributed by atoms with E-state index >= 15 is 0 Å². The Balaban J connectivity index is 0.00000336. The molecule has 196 valence electrons. The van der Waals surface area contributed by atoms with Crippen molar-refractivity contribution in [3.05, 3.63) is 118 Å². The lowest BCUT2D eigenvalue weighted by Crippen LogP contribution is -2.37. The van der Waals surface area contributed by atoms with Crippen LogP contribution in [0, 0.1) is 0 Å². The normalized spacial score (nSPS) is 15.2. The van der Waals surface area contributed by atoms with Crippen LogP contribution in [0.15, 0.2) is 91.0 Å². The number of rotatable bonds is 8. The van der Waals surface area contributed by atoms with Gasteiger partial charge in [0.1, 0.15) is 11.5 Å². The van der Waals surface area contributed by atoms with Crippen LogP contribution >= 0.6 is 24.0 Å². The number of hydrogen-bond donors (Lipinski definition) is 3. The predicted molar refractivity (Wildman–Crippen MR) is 153 cm³/mol. The van der Waals surface area contributed by atoms with Gasteiger partial charge in [-0.3, -0.25) is 0 Å². The molecular formula is C31H29Cl2NO4. The average molecular weight is 550 g/mol. The van der Waals surface area contributed by atoms with Crippen LogP contribution in [0.4, 0.5) is 0 Å². The van der Waals surface area contributed by atoms with Crippen LogP contribution in [-0.4, -0.2) is 28.8 Å². The summed E-state index contributed by atoms with van der Waals surface area (Å²) < 4.78 is 5.86. The molecule has 7 heteroatoms. The highest BCUT2D eigenvalue weighted by molar-refractivity contribution is 6.30. The third-order valence-corrected chi connectivity index (χ3v) is 7.03. The van der Waals surface area contributed by atoms with Gasteiger partial charge in [0.15, 0.2) is 0 Å². The van der Waals surface area contributed by atoms with Gasteiger partial charge in [0.2, 0.25) is 0 Å². The molecule has 0 fully saturated rings. The zero-order valence-corrected chi connectivity index (χ0v) is 22.2. The number of aliphatic hydroxyl groups excluding tert-OH is 1. The standard InChI is InChI=1S/C31H28ClNO4.ClH/c32-26-3-1-2-24(17-26)30(34)19-33-27-11-6-21-4-5-23(16-25(21)18-27)20-7-12-28(13-8-20)37-29-14-9-22(10-15-29)31(35)36;/h1-5,7-10,12-17,27,30,33-34H,6,11,18-19H2,(H,35,36);1H/t27-,30+;/m0./s1. The third-order valence-electron chi connectivity index (χ3n) is 6.79. The molecule has 3 N–H and O–H groups in total. The Bertz CT molecular complexity index is 1390. The first-order valence-corrected chi connectivity index (χ1v) is 12.7. The SMILES string of the molecule is Cl.O=C(O)c1ccc(Oc2ccc(-c3ccc4c(c3)C[C@@H](NC[C@@H](O)c3cccc(Cl)c3)CC4)cc2)cc1. The lowest BCUT2D eigenvalue weighted by atomic mass is 9.86. The van der Waals surface area contributed by atoms with Gasteiger partial charge < -0.3 is 20.3 Å². The molecule has 0 aromatic heterocycles. The summed E-state index contributed by atoms with van der Waals surface area (Å²) in [4.78, 5) is 11.0. The minimum Gasteiger partial charge on any atom is -0.478 e. The summed E-state index contributed by atoms with van der Waals surface area (Å²) in [6.07, 6.45) is 2.36. The highest BCUT2D eigenvalue weighted by Crippen LogP contribution is 2.30. The minimum atomic E-state index is -0.960. The number of hydrogen-bond acceptors (Lipinski definition) is 4. The van der Waals surface area contributed by atoms with Crippen molar-refractivity contribution in [3.63, 3.8) is 0 Å². The highest BCUT2D eigenvalue weighted by atomic mass is 35.5. The van der Waals surface area contributed by atoms with Crippen LogP contribution in [0.2, 0.25) is 5.02 Å². The van der Waals surface area contributed by atoms with Gasteiger partial charge >= 0.3 is 5.97 Å². The Labute approximate surface area is 233 Å². The molecule has 38 heavy (non-hydrogen) atoms. The van der Waals surface area contributed by atoms with Gasteiger partial charge in [-0.1, -0.05) is 54.1 Å². The van der Waals surface area contributed by atoms with Crippen molar-refractivity contribution in [3.8, 4) is 22.6 Å². The molecule has 0 saturated heterocycles. The summed E-state index contributed by atoms with van der Waals surface area (Å²) in [5.74, 6) is 0.316. The number of carboxylic acid groups (broad SMARTS) is 1. The van der Waals surface area contributed by atoms with E-state index in [1.165, 1.54) is 23.3 Å². The number of fused-ring (bicyclic) bond motifs is 1. The summed E-state index contributed by atoms with van der Waals surface area (Å²) in [6, 6.07) is 28.6. The number of aromatic carboxylic acids is 1. The number of halogens is 2. The van der Waals surface area contributed by atoms with Crippen LogP contribution in [0.5, 0.6) is 11.5 Å². The van der Waals surface area contributed by atoms with Crippen LogP contribution in [0.1, 0.15) is 39.6 Å². The summed E-state index contributed by atoms with van der Waals surface area (Å²) in [5.41, 5.74) is 6.01. The zero-order chi connectivity index (χ0) is 25.8. The smallest absolute Gasteiger partial charge is 0.335 e. The van der Waals surface area contributed by atoms with Crippen molar-refractivity contribution < 1.29 is 19.7 Å². The number of nitrogens with one attached hydrogen (secondary N) is 1. The number of aryl methyl sites for hydroxylation is 1. The fourth-order valence-electron chi connectivity index (χ4n) is 4.74. The Morgan fingerprint density at radius 1 is 0.921 bits per heavy atom. The predicted octanol–water partition coefficient (Wildman–Crippen LogP) is 7.10. The Hall–Kier alpha value is -3.35. The molecule has 0 heterocycles. The van der Waals surface area contributed by atoms with Gasteiger partial charge in [-0.05, 0) is 95.6 Å². The fraction of sp³-hybridized carbons (Fsp3) is 0.194. The first kappa shape index (κ1) is 27.7. The average Bonchev–Trinajstić information content (AvgIpc) is 2.92. The molecule has 5 nitrogen and oxygen atoms in total. The van der Waals surface area contributed by atoms with E-state index in [1.807, 2.05) is 48.5 Å². The molecule has 1 aliphatic carbocycles. The second kappa shape index (κ2) is 12.5. The van der Waals surface area contributed by atoms with Crippen molar-refractivity contribution in [1.29, 1.82) is 0 Å². The molecular weight excluding hydrogens is 521 g/mol. The topological polar surface area (TPSA) is 78.8 Å². The second-order valence-electron chi connectivity index (χ2n) is 9.36. The Kier molecular flexibility index (Phi) is 9.08. The molecule has 0 saturated carbocycles. The maximum Gasteiger partial charge on any atom is 0.335 e. The monoisotopic (exact) mass is 549 g/mol. The molecule has 2 atom stereocenters. The van der Waals surface area contributed by atoms with Crippen LogP contribution in [0.3, 0.4) is 0 Å². The molecule has 4 aromatic carbocycles. The molecule has 0 bridgehead atoms. The number of carbonyl (C=O) groups is 1. The molecule has 0 aliphatic heterocycles. The van der Waals surface area contributed by atoms with Crippen molar-refractivity contribution >= 4 is 30.0 Å². The maximum atomic E-state index is 11.0. The second-order valence-corrected chi connectivity index (χ2v) is 9.79. The van der Waals surface area contributed by atoms with Gasteiger partial charge in [0.25, 0.3) is 0 Å². The molecule has 0 amide bonds. The van der Waals surface area contributed by atoms with Crippen LogP contribution in [-0.2, 0) is 12.8 Å². The van der Waals surface area contributed by atoms with Crippen molar-refractivity contribution in [2.24, 2.45) is 0 Å². The number of aliphatic hydroxyl groups is 1. The largest absolute Gasteiger partial charge is 0.478 e. The first-order chi connectivity index (χ1) is 17.9. The van der Waals surface area contributed by atoms with E-state index in [-0.39, 0.29) is 18.0 Å². The maximum absolute atomic E-state index is 11.0. The van der Waals surface area contributed by atoms with Crippen molar-refractivity contribution in [2.45, 2.75) is 31.4 Å². The minimum absolute atomic E-state index is 0. The van der Waals surface area contributed by atoms with E-state index in [0.717, 1.165) is 36.0 Å². The highest BCUT2D eigenvalue weighted by Gasteiger charge is 2.20. The molecule has 4 aromatic rings. The molecule has 5 rings (SSSR count). The van der Waals surface area contributed by atoms with Crippen LogP contribution < -0.4 is 10.1 Å². The van der Waals surface area contributed by atoms with E-state index in [4.69, 9.17) is 21.4 Å². The van der Waals surface area contributed by atoms with Gasteiger partial charge in [-0.2, -0.15) is 0 Å².